The van der Waals surface area contributed by atoms with Crippen LogP contribution in [0.15, 0.2) is 12.1 Å². The largest absolute Gasteiger partial charge is 0.489 e. The Kier molecular flexibility index (Phi) is 3.39. The minimum absolute atomic E-state index is 0.0526. The van der Waals surface area contributed by atoms with Crippen molar-refractivity contribution in [1.82, 2.24) is 0 Å². The van der Waals surface area contributed by atoms with Gasteiger partial charge in [-0.1, -0.05) is 20.8 Å². The van der Waals surface area contributed by atoms with Crippen LogP contribution >= 0.6 is 0 Å². The number of ether oxygens (including phenoxy) is 1. The number of nitrogens with zero attached hydrogens (tertiary/aromatic N) is 2. The van der Waals surface area contributed by atoms with Gasteiger partial charge in [0.15, 0.2) is 0 Å². The highest BCUT2D eigenvalue weighted by atomic mass is 16.6. The molecule has 0 bridgehead atoms. The van der Waals surface area contributed by atoms with Crippen LogP contribution in [0.1, 0.15) is 32.8 Å². The number of benzene rings is 1. The van der Waals surface area contributed by atoms with Crippen molar-refractivity contribution in [3.05, 3.63) is 27.8 Å². The van der Waals surface area contributed by atoms with Gasteiger partial charge in [0.2, 0.25) is 5.75 Å². The van der Waals surface area contributed by atoms with Crippen molar-refractivity contribution in [3.8, 4) is 5.75 Å². The highest BCUT2D eigenvalue weighted by Crippen LogP contribution is 2.42. The molecule has 1 aliphatic rings. The molecule has 0 atom stereocenters. The smallest absolute Gasteiger partial charge is 0.313 e. The van der Waals surface area contributed by atoms with Crippen LogP contribution in [0.25, 0.3) is 0 Å². The Bertz CT molecular complexity index is 502. The van der Waals surface area contributed by atoms with Gasteiger partial charge in [-0.2, -0.15) is 0 Å². The molecule has 0 spiro atoms. The first kappa shape index (κ1) is 13.6. The van der Waals surface area contributed by atoms with Gasteiger partial charge in [-0.05, 0) is 23.5 Å². The van der Waals surface area contributed by atoms with E-state index in [9.17, 15) is 10.1 Å². The number of nitro groups is 1. The van der Waals surface area contributed by atoms with Crippen molar-refractivity contribution in [3.63, 3.8) is 0 Å². The molecule has 0 N–H and O–H groups in total. The third-order valence-corrected chi connectivity index (χ3v) is 3.51. The van der Waals surface area contributed by atoms with E-state index in [1.807, 2.05) is 6.07 Å². The maximum absolute atomic E-state index is 11.2. The Hall–Kier alpha value is -1.78. The van der Waals surface area contributed by atoms with Gasteiger partial charge >= 0.3 is 5.69 Å². The van der Waals surface area contributed by atoms with Crippen LogP contribution in [0.5, 0.6) is 5.75 Å². The highest BCUT2D eigenvalue weighted by Gasteiger charge is 2.29. The molecule has 1 fully saturated rings. The first-order valence-corrected chi connectivity index (χ1v) is 6.46. The molecule has 0 amide bonds. The molecule has 1 heterocycles. The molecule has 1 aromatic rings. The molecule has 2 rings (SSSR count). The molecule has 1 aliphatic heterocycles. The molecule has 0 aromatic heterocycles. The minimum Gasteiger partial charge on any atom is -0.489 e. The molecule has 0 unspecified atom stereocenters. The van der Waals surface area contributed by atoms with Crippen LogP contribution in [-0.2, 0) is 5.41 Å². The summed E-state index contributed by atoms with van der Waals surface area (Å²) in [7, 11) is 1.49. The maximum atomic E-state index is 11.2. The molecule has 19 heavy (non-hydrogen) atoms. The third kappa shape index (κ3) is 2.50. The Morgan fingerprint density at radius 3 is 2.32 bits per heavy atom. The van der Waals surface area contributed by atoms with Crippen LogP contribution in [-0.4, -0.2) is 25.1 Å². The lowest BCUT2D eigenvalue weighted by Crippen LogP contribution is -2.37. The standard InChI is InChI=1S/C14H20N2O3/c1-14(2,3)10-8-11(15-6-5-7-15)13(19-4)12(9-10)16(17)18/h8-9H,5-7H2,1-4H3. The van der Waals surface area contributed by atoms with E-state index in [0.29, 0.717) is 5.75 Å². The molecule has 1 saturated heterocycles. The quantitative estimate of drug-likeness (QED) is 0.621. The monoisotopic (exact) mass is 264 g/mol. The zero-order valence-corrected chi connectivity index (χ0v) is 11.9. The average Bonchev–Trinajstić information content (AvgIpc) is 2.24. The van der Waals surface area contributed by atoms with Crippen LogP contribution < -0.4 is 9.64 Å². The highest BCUT2D eigenvalue weighted by molar-refractivity contribution is 5.70. The van der Waals surface area contributed by atoms with Crippen molar-refractivity contribution in [2.45, 2.75) is 32.6 Å². The van der Waals surface area contributed by atoms with Gasteiger partial charge in [-0.15, -0.1) is 0 Å². The van der Waals surface area contributed by atoms with Crippen molar-refractivity contribution in [2.75, 3.05) is 25.1 Å². The summed E-state index contributed by atoms with van der Waals surface area (Å²) in [4.78, 5) is 13.0. The van der Waals surface area contributed by atoms with Crippen LogP contribution in [0.4, 0.5) is 11.4 Å². The van der Waals surface area contributed by atoms with Crippen molar-refractivity contribution in [1.29, 1.82) is 0 Å². The van der Waals surface area contributed by atoms with Gasteiger partial charge in [-0.3, -0.25) is 10.1 Å². The average molecular weight is 264 g/mol. The van der Waals surface area contributed by atoms with E-state index in [4.69, 9.17) is 4.74 Å². The molecule has 0 radical (unpaired) electrons. The summed E-state index contributed by atoms with van der Waals surface area (Å²) in [6, 6.07) is 3.65. The fourth-order valence-electron chi connectivity index (χ4n) is 2.17. The number of hydrogen-bond donors (Lipinski definition) is 0. The molecule has 5 heteroatoms. The van der Waals surface area contributed by atoms with E-state index < -0.39 is 0 Å². The predicted molar refractivity (Wildman–Crippen MR) is 75.2 cm³/mol. The molecular formula is C14H20N2O3. The number of anilines is 1. The topological polar surface area (TPSA) is 55.6 Å². The lowest BCUT2D eigenvalue weighted by Gasteiger charge is -2.35. The second kappa shape index (κ2) is 4.72. The fourth-order valence-corrected chi connectivity index (χ4v) is 2.17. The van der Waals surface area contributed by atoms with Gasteiger partial charge in [-0.25, -0.2) is 0 Å². The number of rotatable bonds is 3. The summed E-state index contributed by atoms with van der Waals surface area (Å²) in [6.45, 7) is 8.03. The summed E-state index contributed by atoms with van der Waals surface area (Å²) in [5.41, 5.74) is 1.73. The van der Waals surface area contributed by atoms with Crippen LogP contribution in [0.2, 0.25) is 0 Å². The van der Waals surface area contributed by atoms with Gasteiger partial charge in [0.05, 0.1) is 17.7 Å². The molecule has 1 aromatic carbocycles. The lowest BCUT2D eigenvalue weighted by atomic mass is 9.86. The zero-order chi connectivity index (χ0) is 14.2. The zero-order valence-electron chi connectivity index (χ0n) is 11.9. The first-order chi connectivity index (χ1) is 8.84. The summed E-state index contributed by atoms with van der Waals surface area (Å²) >= 11 is 0. The Labute approximate surface area is 113 Å². The Morgan fingerprint density at radius 1 is 1.32 bits per heavy atom. The molecular weight excluding hydrogens is 244 g/mol. The van der Waals surface area contributed by atoms with E-state index >= 15 is 0 Å². The normalized spacial score (nSPS) is 15.1. The van der Waals surface area contributed by atoms with E-state index in [1.54, 1.807) is 6.07 Å². The minimum atomic E-state index is -0.364. The number of hydrogen-bond acceptors (Lipinski definition) is 4. The van der Waals surface area contributed by atoms with E-state index in [1.165, 1.54) is 7.11 Å². The van der Waals surface area contributed by atoms with Gasteiger partial charge in [0, 0.05) is 19.2 Å². The van der Waals surface area contributed by atoms with E-state index in [0.717, 1.165) is 30.8 Å². The van der Waals surface area contributed by atoms with Crippen molar-refractivity contribution >= 4 is 11.4 Å². The van der Waals surface area contributed by atoms with Crippen LogP contribution in [0, 0.1) is 10.1 Å². The summed E-state index contributed by atoms with van der Waals surface area (Å²) in [6.07, 6.45) is 1.12. The van der Waals surface area contributed by atoms with Crippen molar-refractivity contribution < 1.29 is 9.66 Å². The molecule has 5 nitrogen and oxygen atoms in total. The first-order valence-electron chi connectivity index (χ1n) is 6.46. The Morgan fingerprint density at radius 2 is 1.95 bits per heavy atom. The second-order valence-electron chi connectivity index (χ2n) is 5.90. The summed E-state index contributed by atoms with van der Waals surface area (Å²) < 4.78 is 5.28. The lowest BCUT2D eigenvalue weighted by molar-refractivity contribution is -0.385. The van der Waals surface area contributed by atoms with Crippen LogP contribution in [0.3, 0.4) is 0 Å². The third-order valence-electron chi connectivity index (χ3n) is 3.51. The van der Waals surface area contributed by atoms with Crippen molar-refractivity contribution in [2.24, 2.45) is 0 Å². The van der Waals surface area contributed by atoms with Gasteiger partial charge in [0.1, 0.15) is 0 Å². The number of methoxy groups -OCH3 is 1. The molecule has 0 saturated carbocycles. The van der Waals surface area contributed by atoms with E-state index in [2.05, 4.69) is 25.7 Å². The predicted octanol–water partition coefficient (Wildman–Crippen LogP) is 3.11. The second-order valence-corrected chi connectivity index (χ2v) is 5.90. The van der Waals surface area contributed by atoms with E-state index in [-0.39, 0.29) is 16.0 Å². The summed E-state index contributed by atoms with van der Waals surface area (Å²) in [5.74, 6) is 0.373. The maximum Gasteiger partial charge on any atom is 0.313 e. The molecule has 104 valence electrons. The fraction of sp³-hybridized carbons (Fsp3) is 0.571. The Balaban J connectivity index is 2.61. The molecule has 0 aliphatic carbocycles. The van der Waals surface area contributed by atoms with Gasteiger partial charge in [0.25, 0.3) is 0 Å². The summed E-state index contributed by atoms with van der Waals surface area (Å²) in [5, 5.41) is 11.2. The van der Waals surface area contributed by atoms with Gasteiger partial charge < -0.3 is 9.64 Å². The SMILES string of the molecule is COc1c(N2CCC2)cc(C(C)(C)C)cc1[N+](=O)[O-]. The number of nitro benzene ring substituents is 1.